The Morgan fingerprint density at radius 2 is 1.96 bits per heavy atom. The number of rotatable bonds is 6. The summed E-state index contributed by atoms with van der Waals surface area (Å²) >= 11 is 0. The van der Waals surface area contributed by atoms with Crippen LogP contribution in [-0.2, 0) is 11.3 Å². The Bertz CT molecular complexity index is 534. The topological polar surface area (TPSA) is 58.1 Å². The van der Waals surface area contributed by atoms with Gasteiger partial charge in [-0.25, -0.2) is 9.97 Å². The molecule has 23 heavy (non-hydrogen) atoms. The SMILES string of the molecule is Cc1cc(N2CCCC2)nc(CNC(=O)CCC2CCCC2)n1. The summed E-state index contributed by atoms with van der Waals surface area (Å²) in [6, 6.07) is 2.04. The van der Waals surface area contributed by atoms with Gasteiger partial charge in [0.05, 0.1) is 6.54 Å². The summed E-state index contributed by atoms with van der Waals surface area (Å²) in [5.41, 5.74) is 0.970. The van der Waals surface area contributed by atoms with Gasteiger partial charge in [0.1, 0.15) is 11.6 Å². The van der Waals surface area contributed by atoms with E-state index in [1.807, 2.05) is 13.0 Å². The zero-order valence-electron chi connectivity index (χ0n) is 14.2. The Labute approximate surface area is 138 Å². The maximum atomic E-state index is 12.0. The standard InChI is InChI=1S/C18H28N4O/c1-14-12-17(22-10-4-5-11-22)21-16(20-14)13-19-18(23)9-8-15-6-2-3-7-15/h12,15H,2-11,13H2,1H3,(H,19,23). The second-order valence-corrected chi connectivity index (χ2v) is 6.94. The molecule has 2 heterocycles. The Balaban J connectivity index is 1.49. The molecular weight excluding hydrogens is 288 g/mol. The minimum absolute atomic E-state index is 0.129. The van der Waals surface area contributed by atoms with Crippen LogP contribution in [0.25, 0.3) is 0 Å². The van der Waals surface area contributed by atoms with Crippen LogP contribution in [0.4, 0.5) is 5.82 Å². The molecule has 3 rings (SSSR count). The number of hydrogen-bond donors (Lipinski definition) is 1. The number of carbonyl (C=O) groups is 1. The fourth-order valence-electron chi connectivity index (χ4n) is 3.70. The molecular formula is C18H28N4O. The first-order chi connectivity index (χ1) is 11.2. The van der Waals surface area contributed by atoms with Crippen molar-refractivity contribution >= 4 is 11.7 Å². The van der Waals surface area contributed by atoms with Gasteiger partial charge >= 0.3 is 0 Å². The van der Waals surface area contributed by atoms with Crippen LogP contribution in [0.2, 0.25) is 0 Å². The van der Waals surface area contributed by atoms with E-state index >= 15 is 0 Å². The summed E-state index contributed by atoms with van der Waals surface area (Å²) in [5.74, 6) is 2.62. The molecule has 1 saturated heterocycles. The fraction of sp³-hybridized carbons (Fsp3) is 0.722. The molecule has 1 aromatic heterocycles. The number of aromatic nitrogens is 2. The number of carbonyl (C=O) groups excluding carboxylic acids is 1. The van der Waals surface area contributed by atoms with E-state index in [-0.39, 0.29) is 5.91 Å². The van der Waals surface area contributed by atoms with E-state index in [4.69, 9.17) is 0 Å². The summed E-state index contributed by atoms with van der Waals surface area (Å²) in [6.07, 6.45) is 9.40. The molecule has 1 aromatic rings. The van der Waals surface area contributed by atoms with Crippen LogP contribution in [0.5, 0.6) is 0 Å². The molecule has 0 aromatic carbocycles. The number of amides is 1. The quantitative estimate of drug-likeness (QED) is 0.876. The van der Waals surface area contributed by atoms with Crippen LogP contribution >= 0.6 is 0 Å². The van der Waals surface area contributed by atoms with Gasteiger partial charge in [-0.05, 0) is 32.1 Å². The fourth-order valence-corrected chi connectivity index (χ4v) is 3.70. The van der Waals surface area contributed by atoms with Crippen LogP contribution < -0.4 is 10.2 Å². The Kier molecular flexibility index (Phi) is 5.47. The van der Waals surface area contributed by atoms with Gasteiger partial charge in [-0.1, -0.05) is 25.7 Å². The van der Waals surface area contributed by atoms with Crippen molar-refractivity contribution in [3.63, 3.8) is 0 Å². The normalized spacial score (nSPS) is 18.6. The Morgan fingerprint density at radius 1 is 1.22 bits per heavy atom. The van der Waals surface area contributed by atoms with Crippen LogP contribution in [0.1, 0.15) is 62.9 Å². The molecule has 1 aliphatic carbocycles. The number of nitrogens with one attached hydrogen (secondary N) is 1. The van der Waals surface area contributed by atoms with Crippen molar-refractivity contribution in [1.82, 2.24) is 15.3 Å². The highest BCUT2D eigenvalue weighted by atomic mass is 16.1. The van der Waals surface area contributed by atoms with Crippen molar-refractivity contribution in [3.8, 4) is 0 Å². The number of anilines is 1. The second-order valence-electron chi connectivity index (χ2n) is 6.94. The summed E-state index contributed by atoms with van der Waals surface area (Å²) in [4.78, 5) is 23.4. The van der Waals surface area contributed by atoms with Crippen molar-refractivity contribution in [2.75, 3.05) is 18.0 Å². The minimum Gasteiger partial charge on any atom is -0.357 e. The van der Waals surface area contributed by atoms with E-state index in [1.54, 1.807) is 0 Å². The lowest BCUT2D eigenvalue weighted by Crippen LogP contribution is -2.25. The van der Waals surface area contributed by atoms with E-state index in [2.05, 4.69) is 20.2 Å². The first kappa shape index (κ1) is 16.2. The monoisotopic (exact) mass is 316 g/mol. The molecule has 1 aliphatic heterocycles. The summed E-state index contributed by atoms with van der Waals surface area (Å²) < 4.78 is 0. The lowest BCUT2D eigenvalue weighted by molar-refractivity contribution is -0.121. The van der Waals surface area contributed by atoms with Gasteiger partial charge < -0.3 is 10.2 Å². The van der Waals surface area contributed by atoms with Crippen molar-refractivity contribution in [2.24, 2.45) is 5.92 Å². The largest absolute Gasteiger partial charge is 0.357 e. The van der Waals surface area contributed by atoms with Crippen LogP contribution in [0.15, 0.2) is 6.07 Å². The molecule has 0 radical (unpaired) electrons. The van der Waals surface area contributed by atoms with E-state index in [0.717, 1.165) is 42.8 Å². The van der Waals surface area contributed by atoms with Gasteiger partial charge in [-0.2, -0.15) is 0 Å². The highest BCUT2D eigenvalue weighted by Gasteiger charge is 2.17. The Morgan fingerprint density at radius 3 is 2.70 bits per heavy atom. The van der Waals surface area contributed by atoms with Crippen LogP contribution in [-0.4, -0.2) is 29.0 Å². The van der Waals surface area contributed by atoms with E-state index in [0.29, 0.717) is 13.0 Å². The molecule has 126 valence electrons. The van der Waals surface area contributed by atoms with Crippen LogP contribution in [0, 0.1) is 12.8 Å². The number of hydrogen-bond acceptors (Lipinski definition) is 4. The van der Waals surface area contributed by atoms with Crippen LogP contribution in [0.3, 0.4) is 0 Å². The number of nitrogens with zero attached hydrogens (tertiary/aromatic N) is 3. The molecule has 2 aliphatic rings. The summed E-state index contributed by atoms with van der Waals surface area (Å²) in [5, 5.41) is 2.99. The molecule has 0 atom stereocenters. The molecule has 5 heteroatoms. The molecule has 1 N–H and O–H groups in total. The summed E-state index contributed by atoms with van der Waals surface area (Å²) in [7, 11) is 0. The molecule has 0 spiro atoms. The lowest BCUT2D eigenvalue weighted by Gasteiger charge is -2.17. The maximum absolute atomic E-state index is 12.0. The minimum atomic E-state index is 0.129. The van der Waals surface area contributed by atoms with E-state index in [9.17, 15) is 4.79 Å². The van der Waals surface area contributed by atoms with Gasteiger partial charge in [0, 0.05) is 31.3 Å². The molecule has 0 bridgehead atoms. The molecule has 5 nitrogen and oxygen atoms in total. The molecule has 1 amide bonds. The van der Waals surface area contributed by atoms with Crippen molar-refractivity contribution < 1.29 is 4.79 Å². The predicted molar refractivity (Wildman–Crippen MR) is 91.3 cm³/mol. The predicted octanol–water partition coefficient (Wildman–Crippen LogP) is 2.97. The first-order valence-electron chi connectivity index (χ1n) is 9.07. The number of aryl methyl sites for hydroxylation is 1. The zero-order valence-corrected chi connectivity index (χ0v) is 14.2. The van der Waals surface area contributed by atoms with E-state index < -0.39 is 0 Å². The van der Waals surface area contributed by atoms with Gasteiger partial charge in [-0.15, -0.1) is 0 Å². The smallest absolute Gasteiger partial charge is 0.220 e. The van der Waals surface area contributed by atoms with Gasteiger partial charge in [0.25, 0.3) is 0 Å². The van der Waals surface area contributed by atoms with Gasteiger partial charge in [0.2, 0.25) is 5.91 Å². The molecule has 0 unspecified atom stereocenters. The van der Waals surface area contributed by atoms with Crippen molar-refractivity contribution in [1.29, 1.82) is 0 Å². The third-order valence-electron chi connectivity index (χ3n) is 5.02. The van der Waals surface area contributed by atoms with Crippen molar-refractivity contribution in [2.45, 2.75) is 64.8 Å². The second kappa shape index (κ2) is 7.75. The summed E-state index contributed by atoms with van der Waals surface area (Å²) in [6.45, 7) is 4.58. The first-order valence-corrected chi connectivity index (χ1v) is 9.07. The third-order valence-corrected chi connectivity index (χ3v) is 5.02. The van der Waals surface area contributed by atoms with Gasteiger partial charge in [-0.3, -0.25) is 4.79 Å². The van der Waals surface area contributed by atoms with Crippen molar-refractivity contribution in [3.05, 3.63) is 17.6 Å². The third kappa shape index (κ3) is 4.66. The highest BCUT2D eigenvalue weighted by molar-refractivity contribution is 5.75. The average Bonchev–Trinajstić information content (AvgIpc) is 3.23. The van der Waals surface area contributed by atoms with E-state index in [1.165, 1.54) is 38.5 Å². The maximum Gasteiger partial charge on any atom is 0.220 e. The van der Waals surface area contributed by atoms with Gasteiger partial charge in [0.15, 0.2) is 0 Å². The lowest BCUT2D eigenvalue weighted by atomic mass is 10.0. The average molecular weight is 316 g/mol. The highest BCUT2D eigenvalue weighted by Crippen LogP contribution is 2.28. The molecule has 2 fully saturated rings. The zero-order chi connectivity index (χ0) is 16.1. The molecule has 1 saturated carbocycles. The Hall–Kier alpha value is -1.65.